The van der Waals surface area contributed by atoms with Gasteiger partial charge in [-0.25, -0.2) is 0 Å². The van der Waals surface area contributed by atoms with Gasteiger partial charge in [-0.05, 0) is 36.6 Å². The Bertz CT molecular complexity index is 1070. The molecule has 8 heteroatoms. The minimum Gasteiger partial charge on any atom is -0.381 e. The molecule has 3 aromatic rings. The first kappa shape index (κ1) is 18.7. The SMILES string of the molecule is O=C(NCc1ccc(N2C=C(c3n[nH]c4ccccc34)NN2)cc1)C1CCOCC1. The van der Waals surface area contributed by atoms with Crippen molar-refractivity contribution in [3.05, 3.63) is 66.0 Å². The summed E-state index contributed by atoms with van der Waals surface area (Å²) in [6, 6.07) is 16.1. The van der Waals surface area contributed by atoms with Crippen LogP contribution < -0.4 is 21.3 Å². The summed E-state index contributed by atoms with van der Waals surface area (Å²) in [6.07, 6.45) is 3.58. The summed E-state index contributed by atoms with van der Waals surface area (Å²) in [6.45, 7) is 1.88. The average Bonchev–Trinajstić information content (AvgIpc) is 3.45. The third kappa shape index (κ3) is 3.74. The molecule has 8 nitrogen and oxygen atoms in total. The van der Waals surface area contributed by atoms with Crippen molar-refractivity contribution in [1.29, 1.82) is 0 Å². The molecular formula is C22H24N6O2. The van der Waals surface area contributed by atoms with E-state index in [0.717, 1.165) is 46.4 Å². The van der Waals surface area contributed by atoms with Gasteiger partial charge in [0.2, 0.25) is 5.91 Å². The number of carbonyl (C=O) groups excluding carboxylic acids is 1. The Morgan fingerprint density at radius 2 is 1.93 bits per heavy atom. The van der Waals surface area contributed by atoms with Gasteiger partial charge in [-0.2, -0.15) is 5.10 Å². The number of hydrazine groups is 2. The van der Waals surface area contributed by atoms with Crippen LogP contribution in [0.1, 0.15) is 24.1 Å². The molecule has 0 aliphatic carbocycles. The number of hydrogen-bond acceptors (Lipinski definition) is 6. The Hall–Kier alpha value is -3.36. The number of rotatable bonds is 5. The summed E-state index contributed by atoms with van der Waals surface area (Å²) < 4.78 is 5.32. The molecule has 1 saturated heterocycles. The second-order valence-corrected chi connectivity index (χ2v) is 7.54. The number of H-pyrrole nitrogens is 1. The number of hydrogen-bond donors (Lipinski definition) is 4. The summed E-state index contributed by atoms with van der Waals surface area (Å²) in [5.41, 5.74) is 11.1. The fourth-order valence-corrected chi connectivity index (χ4v) is 3.81. The van der Waals surface area contributed by atoms with Gasteiger partial charge in [-0.3, -0.25) is 20.3 Å². The van der Waals surface area contributed by atoms with E-state index in [-0.39, 0.29) is 11.8 Å². The zero-order chi connectivity index (χ0) is 20.3. The molecule has 30 heavy (non-hydrogen) atoms. The van der Waals surface area contributed by atoms with Crippen LogP contribution in [0.2, 0.25) is 0 Å². The molecule has 0 radical (unpaired) electrons. The molecule has 2 aromatic carbocycles. The lowest BCUT2D eigenvalue weighted by atomic mass is 9.99. The predicted octanol–water partition coefficient (Wildman–Crippen LogP) is 2.43. The normalized spacial score (nSPS) is 17.1. The molecule has 4 N–H and O–H groups in total. The number of anilines is 1. The first-order chi connectivity index (χ1) is 14.8. The Morgan fingerprint density at radius 1 is 1.13 bits per heavy atom. The van der Waals surface area contributed by atoms with Crippen molar-refractivity contribution in [2.24, 2.45) is 5.92 Å². The number of ether oxygens (including phenoxy) is 1. The number of nitrogens with zero attached hydrogens (tertiary/aromatic N) is 2. The summed E-state index contributed by atoms with van der Waals surface area (Å²) in [7, 11) is 0. The molecule has 5 rings (SSSR count). The van der Waals surface area contributed by atoms with Crippen molar-refractivity contribution in [1.82, 2.24) is 26.5 Å². The molecule has 1 amide bonds. The molecule has 3 heterocycles. The number of nitrogens with one attached hydrogen (secondary N) is 4. The highest BCUT2D eigenvalue weighted by Crippen LogP contribution is 2.25. The maximum absolute atomic E-state index is 12.3. The van der Waals surface area contributed by atoms with Crippen LogP contribution in [-0.2, 0) is 16.1 Å². The van der Waals surface area contributed by atoms with Gasteiger partial charge in [0.1, 0.15) is 5.69 Å². The largest absolute Gasteiger partial charge is 0.381 e. The molecule has 0 saturated carbocycles. The zero-order valence-corrected chi connectivity index (χ0v) is 16.5. The van der Waals surface area contributed by atoms with Crippen LogP contribution in [0.25, 0.3) is 16.6 Å². The zero-order valence-electron chi connectivity index (χ0n) is 16.5. The molecular weight excluding hydrogens is 380 g/mol. The Balaban J connectivity index is 1.23. The quantitative estimate of drug-likeness (QED) is 0.522. The minimum absolute atomic E-state index is 0.0691. The van der Waals surface area contributed by atoms with Gasteiger partial charge in [-0.1, -0.05) is 30.3 Å². The van der Waals surface area contributed by atoms with Crippen molar-refractivity contribution in [2.75, 3.05) is 18.2 Å². The number of para-hydroxylation sites is 1. The number of amides is 1. The van der Waals surface area contributed by atoms with E-state index in [9.17, 15) is 4.79 Å². The maximum atomic E-state index is 12.3. The second kappa shape index (κ2) is 8.17. The van der Waals surface area contributed by atoms with E-state index in [1.165, 1.54) is 0 Å². The molecule has 154 valence electrons. The molecule has 0 bridgehead atoms. The summed E-state index contributed by atoms with van der Waals surface area (Å²) in [5, 5.41) is 13.5. The van der Waals surface area contributed by atoms with E-state index in [1.807, 2.05) is 59.7 Å². The Morgan fingerprint density at radius 3 is 2.77 bits per heavy atom. The fourth-order valence-electron chi connectivity index (χ4n) is 3.81. The van der Waals surface area contributed by atoms with Gasteiger partial charge in [-0.15, -0.1) is 5.53 Å². The van der Waals surface area contributed by atoms with Crippen molar-refractivity contribution in [3.8, 4) is 0 Å². The second-order valence-electron chi connectivity index (χ2n) is 7.54. The standard InChI is InChI=1S/C22H24N6O2/c29-22(16-9-11-30-12-10-16)23-13-15-5-7-17(8-6-15)28-14-20(25-27-28)21-18-3-1-2-4-19(18)24-26-21/h1-8,14,16,25,27H,9-13H2,(H,23,29)(H,24,26). The Kier molecular flexibility index (Phi) is 5.08. The highest BCUT2D eigenvalue weighted by Gasteiger charge is 2.21. The van der Waals surface area contributed by atoms with Gasteiger partial charge in [0, 0.05) is 31.1 Å². The Labute approximate surface area is 174 Å². The number of fused-ring (bicyclic) bond motifs is 1. The van der Waals surface area contributed by atoms with E-state index in [4.69, 9.17) is 4.74 Å². The molecule has 0 unspecified atom stereocenters. The predicted molar refractivity (Wildman–Crippen MR) is 115 cm³/mol. The number of benzene rings is 2. The lowest BCUT2D eigenvalue weighted by Crippen LogP contribution is -2.36. The first-order valence-corrected chi connectivity index (χ1v) is 10.2. The summed E-state index contributed by atoms with van der Waals surface area (Å²) >= 11 is 0. The van der Waals surface area contributed by atoms with Crippen LogP contribution in [-0.4, -0.2) is 29.3 Å². The molecule has 0 atom stereocenters. The molecule has 1 fully saturated rings. The third-order valence-electron chi connectivity index (χ3n) is 5.57. The monoisotopic (exact) mass is 404 g/mol. The van der Waals surface area contributed by atoms with Crippen molar-refractivity contribution < 1.29 is 9.53 Å². The van der Waals surface area contributed by atoms with Crippen LogP contribution in [0.15, 0.2) is 54.7 Å². The van der Waals surface area contributed by atoms with Crippen LogP contribution in [0.3, 0.4) is 0 Å². The lowest BCUT2D eigenvalue weighted by Gasteiger charge is -2.21. The molecule has 0 spiro atoms. The van der Waals surface area contributed by atoms with Crippen LogP contribution in [0, 0.1) is 5.92 Å². The van der Waals surface area contributed by atoms with Crippen molar-refractivity contribution >= 4 is 28.2 Å². The van der Waals surface area contributed by atoms with Crippen molar-refractivity contribution in [3.63, 3.8) is 0 Å². The third-order valence-corrected chi connectivity index (χ3v) is 5.57. The minimum atomic E-state index is 0.0691. The molecule has 1 aromatic heterocycles. The topological polar surface area (TPSA) is 94.3 Å². The summed E-state index contributed by atoms with van der Waals surface area (Å²) in [5.74, 6) is 0.186. The molecule has 2 aliphatic rings. The van der Waals surface area contributed by atoms with E-state index in [0.29, 0.717) is 19.8 Å². The van der Waals surface area contributed by atoms with Gasteiger partial charge in [0.25, 0.3) is 0 Å². The van der Waals surface area contributed by atoms with Crippen LogP contribution in [0.4, 0.5) is 5.69 Å². The van der Waals surface area contributed by atoms with Gasteiger partial charge in [0.05, 0.1) is 23.1 Å². The highest BCUT2D eigenvalue weighted by atomic mass is 16.5. The van der Waals surface area contributed by atoms with Gasteiger partial charge < -0.3 is 10.1 Å². The number of aromatic amines is 1. The van der Waals surface area contributed by atoms with E-state index >= 15 is 0 Å². The van der Waals surface area contributed by atoms with E-state index in [2.05, 4.69) is 26.5 Å². The number of carbonyl (C=O) groups is 1. The van der Waals surface area contributed by atoms with Crippen molar-refractivity contribution in [2.45, 2.75) is 19.4 Å². The van der Waals surface area contributed by atoms with Gasteiger partial charge >= 0.3 is 0 Å². The van der Waals surface area contributed by atoms with Crippen LogP contribution in [0.5, 0.6) is 0 Å². The summed E-state index contributed by atoms with van der Waals surface area (Å²) in [4.78, 5) is 12.3. The van der Waals surface area contributed by atoms with E-state index < -0.39 is 0 Å². The number of aromatic nitrogens is 2. The van der Waals surface area contributed by atoms with Gasteiger partial charge in [0.15, 0.2) is 0 Å². The average molecular weight is 404 g/mol. The maximum Gasteiger partial charge on any atom is 0.223 e. The van der Waals surface area contributed by atoms with Crippen LogP contribution >= 0.6 is 0 Å². The molecule has 2 aliphatic heterocycles. The first-order valence-electron chi connectivity index (χ1n) is 10.2. The smallest absolute Gasteiger partial charge is 0.223 e. The highest BCUT2D eigenvalue weighted by molar-refractivity contribution is 5.90. The van der Waals surface area contributed by atoms with E-state index in [1.54, 1.807) is 0 Å². The lowest BCUT2D eigenvalue weighted by molar-refractivity contribution is -0.128. The fraction of sp³-hybridized carbons (Fsp3) is 0.273.